The fourth-order valence-electron chi connectivity index (χ4n) is 2.18. The lowest BCUT2D eigenvalue weighted by atomic mass is 9.86. The predicted molar refractivity (Wildman–Crippen MR) is 85.7 cm³/mol. The summed E-state index contributed by atoms with van der Waals surface area (Å²) < 4.78 is 10.8. The molecule has 0 heterocycles. The summed E-state index contributed by atoms with van der Waals surface area (Å²) in [5.41, 5.74) is 1.32. The van der Waals surface area contributed by atoms with Crippen LogP contribution in [0.15, 0.2) is 24.3 Å². The quantitative estimate of drug-likeness (QED) is 0.523. The summed E-state index contributed by atoms with van der Waals surface area (Å²) in [4.78, 5) is 11.2. The molecule has 1 aromatic rings. The molecule has 0 spiro atoms. The second-order valence-corrected chi connectivity index (χ2v) is 6.21. The zero-order valence-corrected chi connectivity index (χ0v) is 13.8. The maximum Gasteiger partial charge on any atom is 0.305 e. The minimum atomic E-state index is -0.100. The van der Waals surface area contributed by atoms with Gasteiger partial charge in [-0.1, -0.05) is 39.0 Å². The van der Waals surface area contributed by atoms with Gasteiger partial charge in [-0.3, -0.25) is 4.79 Å². The van der Waals surface area contributed by atoms with Gasteiger partial charge < -0.3 is 9.47 Å². The third-order valence-corrected chi connectivity index (χ3v) is 3.28. The largest absolute Gasteiger partial charge is 0.493 e. The summed E-state index contributed by atoms with van der Waals surface area (Å²) in [6, 6.07) is 8.20. The molecular formula is C18H28O3. The van der Waals surface area contributed by atoms with Crippen LogP contribution in [0.3, 0.4) is 0 Å². The van der Waals surface area contributed by atoms with Gasteiger partial charge in [0.2, 0.25) is 0 Å². The lowest BCUT2D eigenvalue weighted by Crippen LogP contribution is -2.13. The molecule has 1 aromatic carbocycles. The molecule has 0 bridgehead atoms. The highest BCUT2D eigenvalue weighted by atomic mass is 16.5. The van der Waals surface area contributed by atoms with Gasteiger partial charge in [0.15, 0.2) is 0 Å². The van der Waals surface area contributed by atoms with Gasteiger partial charge in [0.25, 0.3) is 0 Å². The van der Waals surface area contributed by atoms with E-state index in [-0.39, 0.29) is 11.4 Å². The average Bonchev–Trinajstić information content (AvgIpc) is 2.42. The van der Waals surface area contributed by atoms with Crippen molar-refractivity contribution in [2.45, 2.75) is 58.8 Å². The highest BCUT2D eigenvalue weighted by molar-refractivity contribution is 5.69. The Bertz CT molecular complexity index is 432. The van der Waals surface area contributed by atoms with Crippen LogP contribution in [0.4, 0.5) is 0 Å². The van der Waals surface area contributed by atoms with Crippen molar-refractivity contribution in [3.05, 3.63) is 29.8 Å². The summed E-state index contributed by atoms with van der Waals surface area (Å²) in [6.45, 7) is 9.55. The standard InChI is InChI=1S/C18H28O3/c1-5-20-17(19)13-7-6-10-14-21-16-12-9-8-11-15(16)18(2,3)4/h8-9,11-12H,5-7,10,13-14H2,1-4H3. The lowest BCUT2D eigenvalue weighted by Gasteiger charge is -2.22. The fourth-order valence-corrected chi connectivity index (χ4v) is 2.18. The van der Waals surface area contributed by atoms with Crippen LogP contribution in [-0.4, -0.2) is 19.2 Å². The number of unbranched alkanes of at least 4 members (excludes halogenated alkanes) is 2. The Hall–Kier alpha value is -1.51. The predicted octanol–water partition coefficient (Wildman–Crippen LogP) is 4.49. The number of hydrogen-bond donors (Lipinski definition) is 0. The van der Waals surface area contributed by atoms with Crippen molar-refractivity contribution in [1.82, 2.24) is 0 Å². The van der Waals surface area contributed by atoms with Crippen molar-refractivity contribution in [2.75, 3.05) is 13.2 Å². The molecule has 0 saturated carbocycles. The molecule has 0 N–H and O–H groups in total. The molecule has 0 aliphatic rings. The van der Waals surface area contributed by atoms with E-state index in [0.717, 1.165) is 25.0 Å². The first-order chi connectivity index (χ1) is 9.95. The smallest absolute Gasteiger partial charge is 0.305 e. The number of esters is 1. The van der Waals surface area contributed by atoms with Gasteiger partial charge in [0.05, 0.1) is 13.2 Å². The Balaban J connectivity index is 2.29. The number of para-hydroxylation sites is 1. The van der Waals surface area contributed by atoms with Crippen molar-refractivity contribution in [2.24, 2.45) is 0 Å². The molecule has 118 valence electrons. The monoisotopic (exact) mass is 292 g/mol. The summed E-state index contributed by atoms with van der Waals surface area (Å²) in [6.07, 6.45) is 3.31. The molecule has 3 heteroatoms. The first kappa shape index (κ1) is 17.5. The normalized spacial score (nSPS) is 11.2. The number of carbonyl (C=O) groups excluding carboxylic acids is 1. The molecule has 3 nitrogen and oxygen atoms in total. The summed E-state index contributed by atoms with van der Waals surface area (Å²) in [7, 11) is 0. The van der Waals surface area contributed by atoms with Crippen LogP contribution in [0.25, 0.3) is 0 Å². The lowest BCUT2D eigenvalue weighted by molar-refractivity contribution is -0.143. The molecule has 0 fully saturated rings. The van der Waals surface area contributed by atoms with Crippen molar-refractivity contribution < 1.29 is 14.3 Å². The second kappa shape index (κ2) is 8.71. The van der Waals surface area contributed by atoms with E-state index in [4.69, 9.17) is 9.47 Å². The van der Waals surface area contributed by atoms with Crippen molar-refractivity contribution in [3.8, 4) is 5.75 Å². The Morgan fingerprint density at radius 2 is 1.81 bits per heavy atom. The first-order valence-corrected chi connectivity index (χ1v) is 7.83. The van der Waals surface area contributed by atoms with Gasteiger partial charge in [0.1, 0.15) is 5.75 Å². The fraction of sp³-hybridized carbons (Fsp3) is 0.611. The van der Waals surface area contributed by atoms with E-state index in [1.807, 2.05) is 25.1 Å². The Kier molecular flexibility index (Phi) is 7.27. The number of hydrogen-bond acceptors (Lipinski definition) is 3. The number of ether oxygens (including phenoxy) is 2. The molecule has 0 unspecified atom stereocenters. The van der Waals surface area contributed by atoms with Crippen LogP contribution in [0, 0.1) is 0 Å². The van der Waals surface area contributed by atoms with Gasteiger partial charge in [-0.25, -0.2) is 0 Å². The maximum atomic E-state index is 11.2. The van der Waals surface area contributed by atoms with Gasteiger partial charge in [-0.2, -0.15) is 0 Å². The molecule has 1 rings (SSSR count). The molecule has 0 aliphatic carbocycles. The van der Waals surface area contributed by atoms with Crippen LogP contribution in [0.1, 0.15) is 58.9 Å². The van der Waals surface area contributed by atoms with Crippen molar-refractivity contribution >= 4 is 5.97 Å². The average molecular weight is 292 g/mol. The minimum Gasteiger partial charge on any atom is -0.493 e. The molecule has 21 heavy (non-hydrogen) atoms. The SMILES string of the molecule is CCOC(=O)CCCCCOc1ccccc1C(C)(C)C. The highest BCUT2D eigenvalue weighted by Gasteiger charge is 2.18. The number of rotatable bonds is 8. The molecule has 0 atom stereocenters. The van der Waals surface area contributed by atoms with Gasteiger partial charge in [-0.05, 0) is 43.2 Å². The van der Waals surface area contributed by atoms with E-state index in [1.54, 1.807) is 0 Å². The van der Waals surface area contributed by atoms with E-state index >= 15 is 0 Å². The number of carbonyl (C=O) groups is 1. The first-order valence-electron chi connectivity index (χ1n) is 7.83. The van der Waals surface area contributed by atoms with Crippen molar-refractivity contribution in [1.29, 1.82) is 0 Å². The topological polar surface area (TPSA) is 35.5 Å². The summed E-state index contributed by atoms with van der Waals surface area (Å²) >= 11 is 0. The summed E-state index contributed by atoms with van der Waals surface area (Å²) in [5, 5.41) is 0. The Morgan fingerprint density at radius 3 is 2.48 bits per heavy atom. The van der Waals surface area contributed by atoms with Crippen LogP contribution < -0.4 is 4.74 Å². The van der Waals surface area contributed by atoms with E-state index in [0.29, 0.717) is 19.6 Å². The Labute approximate surface area is 128 Å². The van der Waals surface area contributed by atoms with Crippen molar-refractivity contribution in [3.63, 3.8) is 0 Å². The second-order valence-electron chi connectivity index (χ2n) is 6.21. The number of benzene rings is 1. The van der Waals surface area contributed by atoms with Crippen LogP contribution in [0.2, 0.25) is 0 Å². The Morgan fingerprint density at radius 1 is 1.10 bits per heavy atom. The van der Waals surface area contributed by atoms with Crippen LogP contribution in [-0.2, 0) is 14.9 Å². The molecule has 0 aliphatic heterocycles. The molecule has 0 amide bonds. The maximum absolute atomic E-state index is 11.2. The molecule has 0 saturated heterocycles. The zero-order valence-electron chi connectivity index (χ0n) is 13.8. The molecule has 0 aromatic heterocycles. The van der Waals surface area contributed by atoms with Crippen LogP contribution in [0.5, 0.6) is 5.75 Å². The van der Waals surface area contributed by atoms with E-state index in [1.165, 1.54) is 5.56 Å². The van der Waals surface area contributed by atoms with E-state index in [9.17, 15) is 4.79 Å². The van der Waals surface area contributed by atoms with E-state index in [2.05, 4.69) is 26.8 Å². The minimum absolute atomic E-state index is 0.0838. The zero-order chi connectivity index (χ0) is 15.7. The third-order valence-electron chi connectivity index (χ3n) is 3.28. The van der Waals surface area contributed by atoms with Gasteiger partial charge in [0, 0.05) is 6.42 Å². The van der Waals surface area contributed by atoms with Gasteiger partial charge >= 0.3 is 5.97 Å². The highest BCUT2D eigenvalue weighted by Crippen LogP contribution is 2.30. The summed E-state index contributed by atoms with van der Waals surface area (Å²) in [5.74, 6) is 0.867. The van der Waals surface area contributed by atoms with Gasteiger partial charge in [-0.15, -0.1) is 0 Å². The third kappa shape index (κ3) is 6.65. The van der Waals surface area contributed by atoms with E-state index < -0.39 is 0 Å². The molecule has 0 radical (unpaired) electrons. The molecular weight excluding hydrogens is 264 g/mol. The van der Waals surface area contributed by atoms with Crippen LogP contribution >= 0.6 is 0 Å².